The Kier molecular flexibility index (Phi) is 4.98. The highest BCUT2D eigenvalue weighted by atomic mass is 32.2. The van der Waals surface area contributed by atoms with Crippen LogP contribution in [0.25, 0.3) is 21.5 Å². The van der Waals surface area contributed by atoms with Gasteiger partial charge in [-0.25, -0.2) is 0 Å². The zero-order valence-electron chi connectivity index (χ0n) is 15.5. The van der Waals surface area contributed by atoms with Crippen LogP contribution in [0.1, 0.15) is 0 Å². The van der Waals surface area contributed by atoms with E-state index in [0.29, 0.717) is 16.2 Å². The van der Waals surface area contributed by atoms with E-state index in [1.165, 1.54) is 48.5 Å². The van der Waals surface area contributed by atoms with Crippen LogP contribution in [0.3, 0.4) is 0 Å². The predicted molar refractivity (Wildman–Crippen MR) is 113 cm³/mol. The first-order valence-electron chi connectivity index (χ1n) is 8.70. The van der Waals surface area contributed by atoms with E-state index in [2.05, 4.69) is 10.2 Å². The van der Waals surface area contributed by atoms with Gasteiger partial charge in [0.05, 0.1) is 10.6 Å². The largest absolute Gasteiger partial charge is 0.506 e. The molecule has 4 aromatic rings. The molecule has 0 amide bonds. The van der Waals surface area contributed by atoms with E-state index >= 15 is 0 Å². The number of nitrogens with zero attached hydrogens (tertiary/aromatic N) is 2. The van der Waals surface area contributed by atoms with E-state index in [9.17, 15) is 31.0 Å². The first-order valence-corrected chi connectivity index (χ1v) is 11.6. The summed E-state index contributed by atoms with van der Waals surface area (Å²) in [6, 6.07) is 15.5. The first-order chi connectivity index (χ1) is 14.6. The molecule has 0 bridgehead atoms. The van der Waals surface area contributed by atoms with E-state index in [-0.39, 0.29) is 32.3 Å². The van der Waals surface area contributed by atoms with E-state index in [0.717, 1.165) is 0 Å². The molecule has 0 fully saturated rings. The number of phenolic OH excluding ortho intramolecular Hbond substituents is 1. The number of hydrogen-bond donors (Lipinski definition) is 3. The second kappa shape index (κ2) is 7.39. The van der Waals surface area contributed by atoms with Crippen molar-refractivity contribution in [2.75, 3.05) is 0 Å². The number of benzene rings is 4. The number of fused-ring (bicyclic) bond motifs is 2. The Hall–Kier alpha value is -3.38. The van der Waals surface area contributed by atoms with Crippen LogP contribution in [0.4, 0.5) is 11.4 Å². The van der Waals surface area contributed by atoms with Crippen LogP contribution in [-0.4, -0.2) is 31.0 Å². The molecule has 0 aliphatic heterocycles. The molecular weight excluding hydrogens is 444 g/mol. The summed E-state index contributed by atoms with van der Waals surface area (Å²) in [6.45, 7) is 0. The minimum absolute atomic E-state index is 0.0577. The summed E-state index contributed by atoms with van der Waals surface area (Å²) >= 11 is 0. The van der Waals surface area contributed by atoms with E-state index in [4.69, 9.17) is 0 Å². The zero-order valence-corrected chi connectivity index (χ0v) is 17.2. The van der Waals surface area contributed by atoms with E-state index in [1.54, 1.807) is 18.2 Å². The fourth-order valence-corrected chi connectivity index (χ4v) is 4.43. The molecule has 4 aromatic carbocycles. The highest BCUT2D eigenvalue weighted by Gasteiger charge is 2.16. The van der Waals surface area contributed by atoms with Crippen molar-refractivity contribution in [3.05, 3.63) is 66.7 Å². The molecule has 0 unspecified atom stereocenters. The van der Waals surface area contributed by atoms with E-state index < -0.39 is 20.2 Å². The van der Waals surface area contributed by atoms with Gasteiger partial charge >= 0.3 is 0 Å². The van der Waals surface area contributed by atoms with Gasteiger partial charge in [0.25, 0.3) is 20.2 Å². The van der Waals surface area contributed by atoms with Crippen molar-refractivity contribution in [3.8, 4) is 5.75 Å². The van der Waals surface area contributed by atoms with E-state index in [1.807, 2.05) is 0 Å². The monoisotopic (exact) mass is 458 g/mol. The third kappa shape index (κ3) is 3.99. The molecule has 0 heterocycles. The molecule has 9 nitrogen and oxygen atoms in total. The average Bonchev–Trinajstić information content (AvgIpc) is 2.71. The summed E-state index contributed by atoms with van der Waals surface area (Å²) in [6.07, 6.45) is 0. The molecule has 0 radical (unpaired) electrons. The van der Waals surface area contributed by atoms with Crippen LogP contribution in [0, 0.1) is 0 Å². The summed E-state index contributed by atoms with van der Waals surface area (Å²) < 4.78 is 64.7. The van der Waals surface area contributed by atoms with Crippen molar-refractivity contribution >= 4 is 53.2 Å². The maximum atomic E-state index is 11.6. The Morgan fingerprint density at radius 2 is 1.39 bits per heavy atom. The van der Waals surface area contributed by atoms with Crippen LogP contribution >= 0.6 is 0 Å². The molecule has 0 saturated carbocycles. The zero-order chi connectivity index (χ0) is 22.4. The SMILES string of the molecule is O=S(=O)(O)c1ccc2c(/N=N/c3ccc(S(=O)(=O)O)c4ccccc34)c(O)ccc2c1. The topological polar surface area (TPSA) is 154 Å². The highest BCUT2D eigenvalue weighted by molar-refractivity contribution is 7.86. The lowest BCUT2D eigenvalue weighted by Gasteiger charge is -2.07. The van der Waals surface area contributed by atoms with Gasteiger partial charge in [-0.3, -0.25) is 9.11 Å². The molecule has 0 aromatic heterocycles. The minimum Gasteiger partial charge on any atom is -0.506 e. The normalized spacial score (nSPS) is 12.7. The van der Waals surface area contributed by atoms with Gasteiger partial charge in [-0.1, -0.05) is 36.4 Å². The van der Waals surface area contributed by atoms with Crippen LogP contribution in [0.15, 0.2) is 86.7 Å². The maximum absolute atomic E-state index is 11.6. The van der Waals surface area contributed by atoms with Crippen LogP contribution in [0.2, 0.25) is 0 Å². The molecule has 0 spiro atoms. The van der Waals surface area contributed by atoms with Crippen molar-refractivity contribution in [1.29, 1.82) is 0 Å². The van der Waals surface area contributed by atoms with Gasteiger partial charge < -0.3 is 5.11 Å². The smallest absolute Gasteiger partial charge is 0.295 e. The molecule has 0 aliphatic carbocycles. The summed E-state index contributed by atoms with van der Waals surface area (Å²) in [7, 11) is -8.85. The summed E-state index contributed by atoms with van der Waals surface area (Å²) in [4.78, 5) is -0.576. The maximum Gasteiger partial charge on any atom is 0.295 e. The minimum atomic E-state index is -4.45. The number of phenols is 1. The number of rotatable bonds is 4. The van der Waals surface area contributed by atoms with Crippen molar-refractivity contribution in [2.45, 2.75) is 9.79 Å². The lowest BCUT2D eigenvalue weighted by Crippen LogP contribution is -1.98. The molecule has 11 heteroatoms. The van der Waals surface area contributed by atoms with Gasteiger partial charge in [0.2, 0.25) is 0 Å². The van der Waals surface area contributed by atoms with Gasteiger partial charge in [0, 0.05) is 16.2 Å². The van der Waals surface area contributed by atoms with Crippen molar-refractivity contribution in [2.24, 2.45) is 10.2 Å². The molecule has 0 aliphatic rings. The first kappa shape index (κ1) is 20.9. The van der Waals surface area contributed by atoms with Crippen LogP contribution in [0.5, 0.6) is 5.75 Å². The number of aromatic hydroxyl groups is 1. The third-order valence-electron chi connectivity index (χ3n) is 4.64. The second-order valence-electron chi connectivity index (χ2n) is 6.59. The molecule has 3 N–H and O–H groups in total. The molecule has 31 heavy (non-hydrogen) atoms. The molecular formula is C20H14N2O7S2. The summed E-state index contributed by atoms with van der Waals surface area (Å²) in [5, 5.41) is 19.9. The summed E-state index contributed by atoms with van der Waals surface area (Å²) in [5.41, 5.74) is 0.344. The van der Waals surface area contributed by atoms with Gasteiger partial charge in [0.15, 0.2) is 0 Å². The predicted octanol–water partition coefficient (Wildman–Crippen LogP) is 4.61. The fraction of sp³-hybridized carbons (Fsp3) is 0. The molecule has 158 valence electrons. The van der Waals surface area contributed by atoms with Gasteiger partial charge in [-0.05, 0) is 35.7 Å². The molecule has 4 rings (SSSR count). The van der Waals surface area contributed by atoms with Crippen molar-refractivity contribution in [1.82, 2.24) is 0 Å². The lowest BCUT2D eigenvalue weighted by molar-refractivity contribution is 0.477. The Balaban J connectivity index is 1.88. The Bertz CT molecular complexity index is 1600. The number of hydrogen-bond acceptors (Lipinski definition) is 7. The van der Waals surface area contributed by atoms with Gasteiger partial charge in [0.1, 0.15) is 16.3 Å². The Morgan fingerprint density at radius 1 is 0.677 bits per heavy atom. The van der Waals surface area contributed by atoms with Crippen LogP contribution < -0.4 is 0 Å². The quantitative estimate of drug-likeness (QED) is 0.298. The average molecular weight is 458 g/mol. The molecule has 0 saturated heterocycles. The standard InChI is InChI=1S/C20H14N2O7S2/c23-18-9-5-12-11-13(30(24,25)26)6-7-14(12)20(18)22-21-17-8-10-19(31(27,28)29)16-4-2-1-3-15(16)17/h1-11,23H,(H,24,25,26)(H,27,28,29)/b22-21+. The lowest BCUT2D eigenvalue weighted by atomic mass is 10.1. The van der Waals surface area contributed by atoms with Gasteiger partial charge in [-0.15, -0.1) is 10.2 Å². The highest BCUT2D eigenvalue weighted by Crippen LogP contribution is 2.38. The Morgan fingerprint density at radius 3 is 2.06 bits per heavy atom. The van der Waals surface area contributed by atoms with Crippen molar-refractivity contribution < 1.29 is 31.0 Å². The van der Waals surface area contributed by atoms with Crippen LogP contribution in [-0.2, 0) is 20.2 Å². The van der Waals surface area contributed by atoms with Gasteiger partial charge in [-0.2, -0.15) is 16.8 Å². The Labute approximate surface area is 176 Å². The summed E-state index contributed by atoms with van der Waals surface area (Å²) in [5.74, 6) is -0.213. The third-order valence-corrected chi connectivity index (χ3v) is 6.40. The number of azo groups is 1. The fourth-order valence-electron chi connectivity index (χ4n) is 3.22. The van der Waals surface area contributed by atoms with Crippen molar-refractivity contribution in [3.63, 3.8) is 0 Å². The molecule has 0 atom stereocenters. The second-order valence-corrected chi connectivity index (χ2v) is 9.41.